The molecule has 0 heterocycles. The van der Waals surface area contributed by atoms with Gasteiger partial charge in [0, 0.05) is 15.1 Å². The van der Waals surface area contributed by atoms with Crippen LogP contribution in [0.25, 0.3) is 0 Å². The predicted octanol–water partition coefficient (Wildman–Crippen LogP) is 3.90. The Labute approximate surface area is 128 Å². The van der Waals surface area contributed by atoms with Gasteiger partial charge in [0.25, 0.3) is 0 Å². The molecule has 0 saturated heterocycles. The highest BCUT2D eigenvalue weighted by molar-refractivity contribution is 9.10. The fraction of sp³-hybridized carbons (Fsp3) is 0.0714. The molecule has 6 heteroatoms. The van der Waals surface area contributed by atoms with E-state index in [9.17, 15) is 9.18 Å². The Morgan fingerprint density at radius 2 is 2.05 bits per heavy atom. The third-order valence-corrected chi connectivity index (χ3v) is 4.49. The summed E-state index contributed by atoms with van der Waals surface area (Å²) in [6.45, 7) is 0. The number of anilines is 2. The number of halogens is 2. The van der Waals surface area contributed by atoms with E-state index >= 15 is 0 Å². The number of hydrogen-bond donors (Lipinski definition) is 2. The van der Waals surface area contributed by atoms with Crippen LogP contribution in [-0.4, -0.2) is 11.7 Å². The van der Waals surface area contributed by atoms with Gasteiger partial charge >= 0.3 is 0 Å². The van der Waals surface area contributed by atoms with E-state index in [2.05, 4.69) is 21.2 Å². The first kappa shape index (κ1) is 14.9. The molecular formula is C14H12BrFN2OS. The first-order valence-electron chi connectivity index (χ1n) is 5.78. The van der Waals surface area contributed by atoms with E-state index in [4.69, 9.17) is 5.73 Å². The minimum Gasteiger partial charge on any atom is -0.399 e. The average Bonchev–Trinajstić information content (AvgIpc) is 2.42. The van der Waals surface area contributed by atoms with Gasteiger partial charge in [-0.05, 0) is 46.3 Å². The van der Waals surface area contributed by atoms with Crippen LogP contribution in [0.2, 0.25) is 0 Å². The van der Waals surface area contributed by atoms with Crippen molar-refractivity contribution < 1.29 is 9.18 Å². The molecule has 3 N–H and O–H groups in total. The zero-order valence-corrected chi connectivity index (χ0v) is 12.8. The Balaban J connectivity index is 1.96. The predicted molar refractivity (Wildman–Crippen MR) is 84.3 cm³/mol. The third kappa shape index (κ3) is 3.98. The molecule has 2 rings (SSSR count). The molecule has 0 aliphatic heterocycles. The molecule has 0 aliphatic carbocycles. The number of rotatable bonds is 4. The maximum atomic E-state index is 13.5. The highest BCUT2D eigenvalue weighted by Crippen LogP contribution is 2.27. The lowest BCUT2D eigenvalue weighted by Gasteiger charge is -2.08. The van der Waals surface area contributed by atoms with Gasteiger partial charge in [-0.25, -0.2) is 4.39 Å². The van der Waals surface area contributed by atoms with Crippen LogP contribution in [0.3, 0.4) is 0 Å². The summed E-state index contributed by atoms with van der Waals surface area (Å²) in [5.41, 5.74) is 6.06. The van der Waals surface area contributed by atoms with Crippen LogP contribution in [-0.2, 0) is 4.79 Å². The van der Waals surface area contributed by atoms with E-state index in [0.717, 1.165) is 9.37 Å². The first-order chi connectivity index (χ1) is 9.56. The summed E-state index contributed by atoms with van der Waals surface area (Å²) in [4.78, 5) is 12.8. The van der Waals surface area contributed by atoms with Crippen LogP contribution in [0, 0.1) is 5.82 Å². The molecule has 0 aromatic heterocycles. The molecule has 0 unspecified atom stereocenters. The van der Waals surface area contributed by atoms with E-state index < -0.39 is 5.82 Å². The Morgan fingerprint density at radius 3 is 2.80 bits per heavy atom. The van der Waals surface area contributed by atoms with Crippen LogP contribution in [0.1, 0.15) is 0 Å². The van der Waals surface area contributed by atoms with Gasteiger partial charge < -0.3 is 11.1 Å². The lowest BCUT2D eigenvalue weighted by molar-refractivity contribution is -0.113. The zero-order valence-electron chi connectivity index (χ0n) is 10.4. The van der Waals surface area contributed by atoms with Crippen molar-refractivity contribution >= 4 is 45.0 Å². The van der Waals surface area contributed by atoms with Gasteiger partial charge in [0.1, 0.15) is 5.82 Å². The number of nitrogens with two attached hydrogens (primary N) is 1. The smallest absolute Gasteiger partial charge is 0.234 e. The zero-order chi connectivity index (χ0) is 14.5. The summed E-state index contributed by atoms with van der Waals surface area (Å²) in [6, 6.07) is 11.7. The minimum atomic E-state index is -0.501. The normalized spacial score (nSPS) is 10.3. The first-order valence-corrected chi connectivity index (χ1v) is 7.56. The van der Waals surface area contributed by atoms with Crippen molar-refractivity contribution in [2.24, 2.45) is 0 Å². The summed E-state index contributed by atoms with van der Waals surface area (Å²) in [5, 5.41) is 2.51. The van der Waals surface area contributed by atoms with E-state index in [1.165, 1.54) is 30.0 Å². The number of nitrogen functional groups attached to an aromatic ring is 1. The maximum Gasteiger partial charge on any atom is 0.234 e. The standard InChI is InChI=1S/C14H12BrFN2OS/c15-10-3-1-2-4-13(10)20-8-14(19)18-12-7-9(17)5-6-11(12)16/h1-7H,8,17H2,(H,18,19). The number of amides is 1. The number of carbonyl (C=O) groups excluding carboxylic acids is 1. The summed E-state index contributed by atoms with van der Waals surface area (Å²) >= 11 is 4.78. The van der Waals surface area contributed by atoms with Crippen molar-refractivity contribution in [3.05, 3.63) is 52.8 Å². The van der Waals surface area contributed by atoms with Crippen molar-refractivity contribution in [2.75, 3.05) is 16.8 Å². The SMILES string of the molecule is Nc1ccc(F)c(NC(=O)CSc2ccccc2Br)c1. The molecule has 0 fully saturated rings. The quantitative estimate of drug-likeness (QED) is 0.646. The van der Waals surface area contributed by atoms with Crippen LogP contribution in [0.4, 0.5) is 15.8 Å². The van der Waals surface area contributed by atoms with Crippen LogP contribution in [0.15, 0.2) is 51.8 Å². The molecule has 2 aromatic rings. The van der Waals surface area contributed by atoms with E-state index in [0.29, 0.717) is 5.69 Å². The molecule has 1 amide bonds. The van der Waals surface area contributed by atoms with Crippen molar-refractivity contribution in [3.8, 4) is 0 Å². The van der Waals surface area contributed by atoms with Gasteiger partial charge in [-0.1, -0.05) is 12.1 Å². The lowest BCUT2D eigenvalue weighted by Crippen LogP contribution is -2.15. The Bertz CT molecular complexity index is 636. The topological polar surface area (TPSA) is 55.1 Å². The highest BCUT2D eigenvalue weighted by Gasteiger charge is 2.09. The molecule has 3 nitrogen and oxygen atoms in total. The van der Waals surface area contributed by atoms with Crippen molar-refractivity contribution in [1.29, 1.82) is 0 Å². The van der Waals surface area contributed by atoms with E-state index in [1.54, 1.807) is 0 Å². The fourth-order valence-electron chi connectivity index (χ4n) is 1.53. The molecule has 20 heavy (non-hydrogen) atoms. The number of nitrogens with one attached hydrogen (secondary N) is 1. The Kier molecular flexibility index (Phi) is 5.03. The van der Waals surface area contributed by atoms with Crippen LogP contribution >= 0.6 is 27.7 Å². The van der Waals surface area contributed by atoms with E-state index in [1.807, 2.05) is 24.3 Å². The average molecular weight is 355 g/mol. The van der Waals surface area contributed by atoms with Gasteiger partial charge in [-0.15, -0.1) is 11.8 Å². The van der Waals surface area contributed by atoms with Crippen molar-refractivity contribution in [3.63, 3.8) is 0 Å². The molecule has 2 aromatic carbocycles. The van der Waals surface area contributed by atoms with Crippen LogP contribution < -0.4 is 11.1 Å². The second-order valence-electron chi connectivity index (χ2n) is 4.01. The second-order valence-corrected chi connectivity index (χ2v) is 5.88. The Hall–Kier alpha value is -1.53. The van der Waals surface area contributed by atoms with Gasteiger partial charge in [0.2, 0.25) is 5.91 Å². The molecule has 0 spiro atoms. The van der Waals surface area contributed by atoms with Gasteiger partial charge in [-0.2, -0.15) is 0 Å². The van der Waals surface area contributed by atoms with Gasteiger partial charge in [0.05, 0.1) is 11.4 Å². The minimum absolute atomic E-state index is 0.0997. The maximum absolute atomic E-state index is 13.5. The molecule has 0 radical (unpaired) electrons. The summed E-state index contributed by atoms with van der Waals surface area (Å²) < 4.78 is 14.4. The summed E-state index contributed by atoms with van der Waals surface area (Å²) in [6.07, 6.45) is 0. The third-order valence-electron chi connectivity index (χ3n) is 2.46. The van der Waals surface area contributed by atoms with Crippen LogP contribution in [0.5, 0.6) is 0 Å². The number of carbonyl (C=O) groups is 1. The molecule has 0 saturated carbocycles. The summed E-state index contributed by atoms with van der Waals surface area (Å²) in [7, 11) is 0. The molecule has 0 bridgehead atoms. The number of hydrogen-bond acceptors (Lipinski definition) is 3. The fourth-order valence-corrected chi connectivity index (χ4v) is 2.90. The largest absolute Gasteiger partial charge is 0.399 e. The Morgan fingerprint density at radius 1 is 1.30 bits per heavy atom. The second kappa shape index (κ2) is 6.76. The van der Waals surface area contributed by atoms with Gasteiger partial charge in [0.15, 0.2) is 0 Å². The highest BCUT2D eigenvalue weighted by atomic mass is 79.9. The molecular weight excluding hydrogens is 343 g/mol. The lowest BCUT2D eigenvalue weighted by atomic mass is 10.2. The molecule has 0 aliphatic rings. The summed E-state index contributed by atoms with van der Waals surface area (Å²) in [5.74, 6) is -0.592. The van der Waals surface area contributed by atoms with E-state index in [-0.39, 0.29) is 17.3 Å². The monoisotopic (exact) mass is 354 g/mol. The molecule has 104 valence electrons. The van der Waals surface area contributed by atoms with Crippen molar-refractivity contribution in [2.45, 2.75) is 4.90 Å². The van der Waals surface area contributed by atoms with Crippen molar-refractivity contribution in [1.82, 2.24) is 0 Å². The number of benzene rings is 2. The molecule has 0 atom stereocenters. The number of thioether (sulfide) groups is 1. The van der Waals surface area contributed by atoms with Gasteiger partial charge in [-0.3, -0.25) is 4.79 Å².